The van der Waals surface area contributed by atoms with Gasteiger partial charge in [-0.1, -0.05) is 11.2 Å². The van der Waals surface area contributed by atoms with Gasteiger partial charge in [0.2, 0.25) is 0 Å². The third kappa shape index (κ3) is 2.28. The van der Waals surface area contributed by atoms with Crippen molar-refractivity contribution in [2.24, 2.45) is 0 Å². The topological polar surface area (TPSA) is 93.8 Å². The zero-order valence-corrected chi connectivity index (χ0v) is 10.3. The highest BCUT2D eigenvalue weighted by atomic mass is 16.5. The molecule has 20 heavy (non-hydrogen) atoms. The minimum absolute atomic E-state index is 0.166. The van der Waals surface area contributed by atoms with E-state index >= 15 is 0 Å². The van der Waals surface area contributed by atoms with Gasteiger partial charge in [0.25, 0.3) is 0 Å². The van der Waals surface area contributed by atoms with E-state index in [1.165, 1.54) is 17.0 Å². The Morgan fingerprint density at radius 2 is 2.20 bits per heavy atom. The van der Waals surface area contributed by atoms with Crippen molar-refractivity contribution in [2.45, 2.75) is 6.54 Å². The number of nitrogens with one attached hydrogen (secondary N) is 1. The molecular weight excluding hydrogens is 260 g/mol. The van der Waals surface area contributed by atoms with Gasteiger partial charge in [0.15, 0.2) is 5.76 Å². The lowest BCUT2D eigenvalue weighted by Crippen LogP contribution is -2.35. The predicted octanol–water partition coefficient (Wildman–Crippen LogP) is 0.635. The average Bonchev–Trinajstić information content (AvgIpc) is 2.93. The maximum absolute atomic E-state index is 11.6. The summed E-state index contributed by atoms with van der Waals surface area (Å²) in [7, 11) is 0. The largest absolute Gasteiger partial charge is 0.354 e. The smallest absolute Gasteiger partial charge is 0.316 e. The monoisotopic (exact) mass is 270 g/mol. The van der Waals surface area contributed by atoms with Crippen molar-refractivity contribution in [3.63, 3.8) is 0 Å². The Morgan fingerprint density at radius 1 is 1.30 bits per heavy atom. The number of H-pyrrole nitrogens is 1. The van der Waals surface area contributed by atoms with Crippen molar-refractivity contribution in [1.29, 1.82) is 0 Å². The van der Waals surface area contributed by atoms with Gasteiger partial charge in [0.05, 0.1) is 6.54 Å². The molecule has 1 N–H and O–H groups in total. The summed E-state index contributed by atoms with van der Waals surface area (Å²) in [4.78, 5) is 29.3. The highest BCUT2D eigenvalue weighted by molar-refractivity contribution is 5.51. The number of nitrogens with zero attached hydrogens (tertiary/aromatic N) is 3. The Hall–Kier alpha value is -2.96. The number of aromatic nitrogens is 4. The molecule has 0 atom stereocenters. The lowest BCUT2D eigenvalue weighted by atomic mass is 10.2. The van der Waals surface area contributed by atoms with E-state index in [1.54, 1.807) is 24.4 Å². The fraction of sp³-hybridized carbons (Fsp3) is 0.0769. The Kier molecular flexibility index (Phi) is 3.00. The van der Waals surface area contributed by atoms with Crippen LogP contribution in [0.25, 0.3) is 11.5 Å². The van der Waals surface area contributed by atoms with Crippen LogP contribution in [0.3, 0.4) is 0 Å². The minimum Gasteiger partial charge on any atom is -0.354 e. The van der Waals surface area contributed by atoms with Gasteiger partial charge in [-0.3, -0.25) is 14.6 Å². The maximum atomic E-state index is 11.6. The normalized spacial score (nSPS) is 10.6. The molecular formula is C13H10N4O3. The first-order valence-corrected chi connectivity index (χ1v) is 5.89. The summed E-state index contributed by atoms with van der Waals surface area (Å²) >= 11 is 0. The van der Waals surface area contributed by atoms with E-state index in [9.17, 15) is 9.59 Å². The number of hydrogen-bond donors (Lipinski definition) is 1. The van der Waals surface area contributed by atoms with Gasteiger partial charge in [0.1, 0.15) is 11.4 Å². The van der Waals surface area contributed by atoms with Gasteiger partial charge in [-0.2, -0.15) is 0 Å². The van der Waals surface area contributed by atoms with E-state index in [-0.39, 0.29) is 6.54 Å². The molecule has 0 bridgehead atoms. The minimum atomic E-state index is -0.666. The van der Waals surface area contributed by atoms with Crippen molar-refractivity contribution >= 4 is 0 Å². The quantitative estimate of drug-likeness (QED) is 0.705. The molecule has 0 radical (unpaired) electrons. The zero-order valence-electron chi connectivity index (χ0n) is 10.3. The fourth-order valence-corrected chi connectivity index (χ4v) is 1.78. The van der Waals surface area contributed by atoms with Crippen LogP contribution in [-0.4, -0.2) is 19.7 Å². The van der Waals surface area contributed by atoms with Gasteiger partial charge >= 0.3 is 11.1 Å². The van der Waals surface area contributed by atoms with Gasteiger partial charge < -0.3 is 14.1 Å². The Morgan fingerprint density at radius 3 is 3.00 bits per heavy atom. The van der Waals surface area contributed by atoms with Crippen molar-refractivity contribution in [3.05, 3.63) is 69.3 Å². The highest BCUT2D eigenvalue weighted by Crippen LogP contribution is 2.17. The molecule has 3 aromatic heterocycles. The van der Waals surface area contributed by atoms with Crippen molar-refractivity contribution in [1.82, 2.24) is 19.7 Å². The van der Waals surface area contributed by atoms with Gasteiger partial charge in [0, 0.05) is 24.7 Å². The molecule has 0 unspecified atom stereocenters. The summed E-state index contributed by atoms with van der Waals surface area (Å²) < 4.78 is 6.44. The molecule has 0 aliphatic rings. The molecule has 7 nitrogen and oxygen atoms in total. The third-order valence-electron chi connectivity index (χ3n) is 2.73. The first kappa shape index (κ1) is 12.1. The van der Waals surface area contributed by atoms with Crippen LogP contribution in [0.15, 0.2) is 57.0 Å². The number of pyridine rings is 1. The molecule has 0 saturated carbocycles. The van der Waals surface area contributed by atoms with Crippen LogP contribution in [0.4, 0.5) is 0 Å². The second-order valence-electron chi connectivity index (χ2n) is 4.12. The Balaban J connectivity index is 1.90. The summed E-state index contributed by atoms with van der Waals surface area (Å²) in [5.74, 6) is 0.512. The summed E-state index contributed by atoms with van der Waals surface area (Å²) in [6, 6.07) is 7.13. The molecule has 3 aromatic rings. The molecule has 0 fully saturated rings. The lowest BCUT2D eigenvalue weighted by molar-refractivity contribution is 0.419. The van der Waals surface area contributed by atoms with Crippen LogP contribution in [0.5, 0.6) is 0 Å². The standard InChI is InChI=1S/C13H10N4O3/c18-12-13(19)17(6-5-15-12)8-9-7-11(20-16-9)10-3-1-2-4-14-10/h1-7H,8H2,(H,15,18). The van der Waals surface area contributed by atoms with E-state index in [0.717, 1.165) is 0 Å². The fourth-order valence-electron chi connectivity index (χ4n) is 1.78. The van der Waals surface area contributed by atoms with Crippen LogP contribution in [0.2, 0.25) is 0 Å². The second kappa shape index (κ2) is 4.96. The predicted molar refractivity (Wildman–Crippen MR) is 70.2 cm³/mol. The zero-order chi connectivity index (χ0) is 13.9. The molecule has 0 aliphatic carbocycles. The molecule has 0 aliphatic heterocycles. The van der Waals surface area contributed by atoms with E-state index in [2.05, 4.69) is 15.1 Å². The van der Waals surface area contributed by atoms with Gasteiger partial charge in [-0.15, -0.1) is 0 Å². The van der Waals surface area contributed by atoms with E-state index in [4.69, 9.17) is 4.52 Å². The molecule has 0 amide bonds. The Bertz CT molecular complexity index is 832. The van der Waals surface area contributed by atoms with Gasteiger partial charge in [-0.05, 0) is 12.1 Å². The van der Waals surface area contributed by atoms with E-state index < -0.39 is 11.1 Å². The second-order valence-corrected chi connectivity index (χ2v) is 4.12. The maximum Gasteiger partial charge on any atom is 0.316 e. The summed E-state index contributed by atoms with van der Waals surface area (Å²) in [5.41, 5.74) is -0.0984. The Labute approximate surface area is 112 Å². The molecule has 100 valence electrons. The van der Waals surface area contributed by atoms with Crippen LogP contribution >= 0.6 is 0 Å². The number of aromatic amines is 1. The van der Waals surface area contributed by atoms with Crippen molar-refractivity contribution in [3.8, 4) is 11.5 Å². The molecule has 7 heteroatoms. The van der Waals surface area contributed by atoms with Gasteiger partial charge in [-0.25, -0.2) is 0 Å². The molecule has 0 aromatic carbocycles. The summed E-state index contributed by atoms with van der Waals surface area (Å²) in [5, 5.41) is 3.87. The van der Waals surface area contributed by atoms with Crippen LogP contribution in [-0.2, 0) is 6.54 Å². The average molecular weight is 270 g/mol. The number of hydrogen-bond acceptors (Lipinski definition) is 5. The van der Waals surface area contributed by atoms with Crippen molar-refractivity contribution < 1.29 is 4.52 Å². The van der Waals surface area contributed by atoms with Crippen LogP contribution in [0.1, 0.15) is 5.69 Å². The van der Waals surface area contributed by atoms with Crippen molar-refractivity contribution in [2.75, 3.05) is 0 Å². The first-order valence-electron chi connectivity index (χ1n) is 5.89. The molecule has 3 rings (SSSR count). The van der Waals surface area contributed by atoms with Crippen LogP contribution < -0.4 is 11.1 Å². The summed E-state index contributed by atoms with van der Waals surface area (Å²) in [6.07, 6.45) is 4.54. The van der Waals surface area contributed by atoms with E-state index in [1.807, 2.05) is 6.07 Å². The molecule has 0 spiro atoms. The lowest BCUT2D eigenvalue weighted by Gasteiger charge is -1.99. The SMILES string of the molecule is O=c1[nH]ccn(Cc2cc(-c3ccccn3)on2)c1=O. The first-order chi connectivity index (χ1) is 9.74. The summed E-state index contributed by atoms with van der Waals surface area (Å²) in [6.45, 7) is 0.166. The molecule has 0 saturated heterocycles. The third-order valence-corrected chi connectivity index (χ3v) is 2.73. The number of rotatable bonds is 3. The van der Waals surface area contributed by atoms with Crippen LogP contribution in [0, 0.1) is 0 Å². The van der Waals surface area contributed by atoms with E-state index in [0.29, 0.717) is 17.1 Å². The molecule has 3 heterocycles. The highest BCUT2D eigenvalue weighted by Gasteiger charge is 2.09.